The molecule has 0 unspecified atom stereocenters. The van der Waals surface area contributed by atoms with Gasteiger partial charge in [-0.25, -0.2) is 8.42 Å². The Kier molecular flexibility index (Phi) is 4.94. The summed E-state index contributed by atoms with van der Waals surface area (Å²) in [5, 5.41) is 0. The van der Waals surface area contributed by atoms with Crippen LogP contribution in [0.1, 0.15) is 27.7 Å². The zero-order chi connectivity index (χ0) is 13.1. The van der Waals surface area contributed by atoms with Crippen LogP contribution in [0.5, 0.6) is 0 Å². The molecule has 0 aromatic heterocycles. The third-order valence-corrected chi connectivity index (χ3v) is 3.47. The quantitative estimate of drug-likeness (QED) is 0.695. The highest BCUT2D eigenvalue weighted by atomic mass is 32.2. The first-order chi connectivity index (χ1) is 7.01. The average Bonchev–Trinajstić information content (AvgIpc) is 1.99. The van der Waals surface area contributed by atoms with Gasteiger partial charge < -0.3 is 4.74 Å². The molecule has 0 aromatic rings. The fourth-order valence-corrected chi connectivity index (χ4v) is 2.25. The average molecular weight is 251 g/mol. The fraction of sp³-hybridized carbons (Fsp3) is 0.900. The maximum atomic E-state index is 11.7. The molecule has 0 aliphatic heterocycles. The molecule has 0 aromatic carbocycles. The number of nitrogens with zero attached hydrogens (tertiary/aromatic N) is 1. The molecule has 0 saturated heterocycles. The lowest BCUT2D eigenvalue weighted by Crippen LogP contribution is -2.50. The van der Waals surface area contributed by atoms with Crippen LogP contribution >= 0.6 is 0 Å². The highest BCUT2D eigenvalue weighted by Crippen LogP contribution is 2.26. The van der Waals surface area contributed by atoms with Gasteiger partial charge in [-0.2, -0.15) is 4.31 Å². The molecule has 0 rings (SSSR count). The molecular formula is C10H21NO4S. The van der Waals surface area contributed by atoms with E-state index in [1.807, 2.05) is 0 Å². The van der Waals surface area contributed by atoms with E-state index in [1.165, 1.54) is 7.05 Å². The topological polar surface area (TPSA) is 63.7 Å². The molecule has 5 nitrogen and oxygen atoms in total. The molecule has 16 heavy (non-hydrogen) atoms. The third-order valence-electron chi connectivity index (χ3n) is 2.22. The zero-order valence-electron chi connectivity index (χ0n) is 10.8. The van der Waals surface area contributed by atoms with E-state index in [2.05, 4.69) is 0 Å². The van der Waals surface area contributed by atoms with Crippen molar-refractivity contribution in [3.8, 4) is 0 Å². The SMILES string of the molecule is CCOC(=O)[C@@H](N(C)S(C)(=O)=O)C(C)(C)C. The van der Waals surface area contributed by atoms with Gasteiger partial charge in [-0.15, -0.1) is 0 Å². The minimum atomic E-state index is -3.42. The van der Waals surface area contributed by atoms with Gasteiger partial charge in [0.05, 0.1) is 12.9 Å². The van der Waals surface area contributed by atoms with Crippen LogP contribution in [0.25, 0.3) is 0 Å². The molecule has 0 amide bonds. The van der Waals surface area contributed by atoms with Crippen molar-refractivity contribution < 1.29 is 17.9 Å². The second-order valence-corrected chi connectivity index (χ2v) is 6.84. The Morgan fingerprint density at radius 1 is 1.38 bits per heavy atom. The minimum Gasteiger partial charge on any atom is -0.465 e. The highest BCUT2D eigenvalue weighted by molar-refractivity contribution is 7.88. The van der Waals surface area contributed by atoms with Crippen molar-refractivity contribution in [1.82, 2.24) is 4.31 Å². The standard InChI is InChI=1S/C10H21NO4S/c1-7-15-9(12)8(10(2,3)4)11(5)16(6,13)14/h8H,7H2,1-6H3/t8-/m1/s1. The lowest BCUT2D eigenvalue weighted by molar-refractivity contribution is -0.150. The smallest absolute Gasteiger partial charge is 0.324 e. The summed E-state index contributed by atoms with van der Waals surface area (Å²) in [6, 6.07) is -0.803. The van der Waals surface area contributed by atoms with Gasteiger partial charge in [0.25, 0.3) is 0 Å². The summed E-state index contributed by atoms with van der Waals surface area (Å²) in [5.41, 5.74) is -0.510. The number of esters is 1. The summed E-state index contributed by atoms with van der Waals surface area (Å²) >= 11 is 0. The number of carbonyl (C=O) groups excluding carboxylic acids is 1. The molecule has 0 fully saturated rings. The summed E-state index contributed by atoms with van der Waals surface area (Å²) in [6.07, 6.45) is 1.07. The van der Waals surface area contributed by atoms with Gasteiger partial charge in [-0.05, 0) is 12.3 Å². The number of carbonyl (C=O) groups is 1. The van der Waals surface area contributed by atoms with E-state index in [0.717, 1.165) is 10.6 Å². The molecule has 0 spiro atoms. The number of rotatable bonds is 4. The molecule has 0 aliphatic rings. The summed E-state index contributed by atoms with van der Waals surface area (Å²) in [4.78, 5) is 11.7. The Labute approximate surface area is 97.8 Å². The third kappa shape index (κ3) is 4.09. The van der Waals surface area contributed by atoms with Crippen LogP contribution in [-0.2, 0) is 19.6 Å². The lowest BCUT2D eigenvalue weighted by Gasteiger charge is -2.34. The van der Waals surface area contributed by atoms with Crippen LogP contribution in [0, 0.1) is 5.41 Å². The van der Waals surface area contributed by atoms with Crippen LogP contribution in [0.15, 0.2) is 0 Å². The van der Waals surface area contributed by atoms with Crippen LogP contribution in [0.2, 0.25) is 0 Å². The predicted molar refractivity (Wildman–Crippen MR) is 62.5 cm³/mol. The van der Waals surface area contributed by atoms with Crippen molar-refractivity contribution in [2.24, 2.45) is 5.41 Å². The number of likely N-dealkylation sites (N-methyl/N-ethyl adjacent to an activating group) is 1. The van der Waals surface area contributed by atoms with E-state index < -0.39 is 27.4 Å². The van der Waals surface area contributed by atoms with Gasteiger partial charge in [0, 0.05) is 7.05 Å². The van der Waals surface area contributed by atoms with Crippen LogP contribution in [0.3, 0.4) is 0 Å². The van der Waals surface area contributed by atoms with Crippen molar-refractivity contribution >= 4 is 16.0 Å². The van der Waals surface area contributed by atoms with Crippen molar-refractivity contribution in [3.63, 3.8) is 0 Å². The van der Waals surface area contributed by atoms with E-state index in [0.29, 0.717) is 0 Å². The highest BCUT2D eigenvalue weighted by Gasteiger charge is 2.39. The van der Waals surface area contributed by atoms with E-state index in [-0.39, 0.29) is 6.61 Å². The monoisotopic (exact) mass is 251 g/mol. The lowest BCUT2D eigenvalue weighted by atomic mass is 9.87. The molecule has 96 valence electrons. The number of hydrogen-bond acceptors (Lipinski definition) is 4. The first-order valence-corrected chi connectivity index (χ1v) is 6.96. The molecular weight excluding hydrogens is 230 g/mol. The maximum Gasteiger partial charge on any atom is 0.324 e. The zero-order valence-corrected chi connectivity index (χ0v) is 11.6. The first-order valence-electron chi connectivity index (χ1n) is 5.11. The molecule has 0 saturated carbocycles. The summed E-state index contributed by atoms with van der Waals surface area (Å²) in [7, 11) is -2.02. The first kappa shape index (κ1) is 15.4. The molecule has 0 bridgehead atoms. The molecule has 6 heteroatoms. The Balaban J connectivity index is 5.20. The van der Waals surface area contributed by atoms with E-state index in [9.17, 15) is 13.2 Å². The normalized spacial score (nSPS) is 14.9. The number of hydrogen-bond donors (Lipinski definition) is 0. The molecule has 0 heterocycles. The van der Waals surface area contributed by atoms with Gasteiger partial charge in [0.15, 0.2) is 0 Å². The Morgan fingerprint density at radius 3 is 2.06 bits per heavy atom. The van der Waals surface area contributed by atoms with Gasteiger partial charge in [0.1, 0.15) is 6.04 Å². The van der Waals surface area contributed by atoms with Gasteiger partial charge in [0.2, 0.25) is 10.0 Å². The molecule has 0 radical (unpaired) electrons. The van der Waals surface area contributed by atoms with Crippen molar-refractivity contribution in [2.45, 2.75) is 33.7 Å². The van der Waals surface area contributed by atoms with Crippen molar-refractivity contribution in [3.05, 3.63) is 0 Å². The fourth-order valence-electron chi connectivity index (χ4n) is 1.46. The van der Waals surface area contributed by atoms with Crippen LogP contribution < -0.4 is 0 Å². The van der Waals surface area contributed by atoms with Crippen molar-refractivity contribution in [1.29, 1.82) is 0 Å². The van der Waals surface area contributed by atoms with E-state index >= 15 is 0 Å². The predicted octanol–water partition coefficient (Wildman–Crippen LogP) is 0.856. The molecule has 0 aliphatic carbocycles. The number of ether oxygens (including phenoxy) is 1. The minimum absolute atomic E-state index is 0.239. The second-order valence-electron chi connectivity index (χ2n) is 4.80. The Hall–Kier alpha value is -0.620. The van der Waals surface area contributed by atoms with Crippen LogP contribution in [-0.4, -0.2) is 44.6 Å². The van der Waals surface area contributed by atoms with Gasteiger partial charge >= 0.3 is 5.97 Å². The number of sulfonamides is 1. The van der Waals surface area contributed by atoms with E-state index in [1.54, 1.807) is 27.7 Å². The Morgan fingerprint density at radius 2 is 1.81 bits per heavy atom. The largest absolute Gasteiger partial charge is 0.465 e. The summed E-state index contributed by atoms with van der Waals surface area (Å²) in [5.74, 6) is -0.511. The van der Waals surface area contributed by atoms with E-state index in [4.69, 9.17) is 4.74 Å². The van der Waals surface area contributed by atoms with Gasteiger partial charge in [-0.3, -0.25) is 4.79 Å². The summed E-state index contributed by atoms with van der Waals surface area (Å²) < 4.78 is 28.9. The molecule has 1 atom stereocenters. The van der Waals surface area contributed by atoms with Crippen LogP contribution in [0.4, 0.5) is 0 Å². The Bertz CT molecular complexity index is 342. The van der Waals surface area contributed by atoms with Gasteiger partial charge in [-0.1, -0.05) is 20.8 Å². The van der Waals surface area contributed by atoms with Crippen molar-refractivity contribution in [2.75, 3.05) is 19.9 Å². The second kappa shape index (κ2) is 5.14. The maximum absolute atomic E-state index is 11.7. The molecule has 0 N–H and O–H groups in total. The summed E-state index contributed by atoms with van der Waals surface area (Å²) in [6.45, 7) is 7.34.